The Balaban J connectivity index is 1.75. The number of benzene rings is 1. The lowest BCUT2D eigenvalue weighted by Crippen LogP contribution is -2.40. The largest absolute Gasteiger partial charge is 0.316 e. The van der Waals surface area contributed by atoms with Gasteiger partial charge in [-0.3, -0.25) is 0 Å². The quantitative estimate of drug-likeness (QED) is 0.527. The molecule has 0 bridgehead atoms. The molecule has 1 fully saturated rings. The van der Waals surface area contributed by atoms with E-state index < -0.39 is 0 Å². The topological polar surface area (TPSA) is 12.0 Å². The zero-order chi connectivity index (χ0) is 16.1. The first-order valence-electron chi connectivity index (χ1n) is 8.84. The summed E-state index contributed by atoms with van der Waals surface area (Å²) in [5, 5.41) is 3.71. The molecule has 122 valence electrons. The van der Waals surface area contributed by atoms with Crippen LogP contribution in [0, 0.1) is 10.8 Å². The molecule has 1 aromatic carbocycles. The van der Waals surface area contributed by atoms with E-state index in [0.29, 0.717) is 10.8 Å². The molecule has 0 unspecified atom stereocenters. The molecule has 0 saturated heterocycles. The predicted octanol–water partition coefficient (Wildman–Crippen LogP) is 5.37. The minimum absolute atomic E-state index is 0.336. The number of nitrogens with one attached hydrogen (secondary N) is 1. The van der Waals surface area contributed by atoms with Crippen LogP contribution in [0.15, 0.2) is 42.5 Å². The molecule has 1 heteroatoms. The lowest BCUT2D eigenvalue weighted by atomic mass is 9.62. The van der Waals surface area contributed by atoms with E-state index in [9.17, 15) is 0 Å². The summed E-state index contributed by atoms with van der Waals surface area (Å²) >= 11 is 0. The highest BCUT2D eigenvalue weighted by Gasteiger charge is 2.38. The van der Waals surface area contributed by atoms with Gasteiger partial charge in [0.05, 0.1) is 0 Å². The molecule has 1 nitrogen and oxygen atoms in total. The average molecular weight is 300 g/mol. The van der Waals surface area contributed by atoms with Crippen LogP contribution >= 0.6 is 0 Å². The summed E-state index contributed by atoms with van der Waals surface area (Å²) in [5.41, 5.74) is 3.67. The smallest absolute Gasteiger partial charge is 0.00450 e. The van der Waals surface area contributed by atoms with Crippen molar-refractivity contribution in [2.45, 2.75) is 59.3 Å². The van der Waals surface area contributed by atoms with Crippen LogP contribution < -0.4 is 5.32 Å². The number of aryl methyl sites for hydroxylation is 1. The monoisotopic (exact) mass is 299 g/mol. The number of hydrogen-bond acceptors (Lipinski definition) is 1. The summed E-state index contributed by atoms with van der Waals surface area (Å²) in [7, 11) is 0. The van der Waals surface area contributed by atoms with Gasteiger partial charge in [0, 0.05) is 12.0 Å². The molecule has 1 N–H and O–H groups in total. The van der Waals surface area contributed by atoms with Gasteiger partial charge in [-0.2, -0.15) is 0 Å². The molecular weight excluding hydrogens is 266 g/mol. The molecule has 0 aromatic heterocycles. The molecule has 0 aliphatic heterocycles. The summed E-state index contributed by atoms with van der Waals surface area (Å²) in [6.07, 6.45) is 7.61. The van der Waals surface area contributed by atoms with Crippen molar-refractivity contribution in [2.24, 2.45) is 10.8 Å². The molecule has 0 heterocycles. The first-order chi connectivity index (χ1) is 10.4. The first-order valence-corrected chi connectivity index (χ1v) is 8.84. The maximum Gasteiger partial charge on any atom is 0.00450 e. The Bertz CT molecular complexity index is 462. The zero-order valence-electron chi connectivity index (χ0n) is 14.8. The van der Waals surface area contributed by atoms with E-state index in [0.717, 1.165) is 13.1 Å². The van der Waals surface area contributed by atoms with E-state index in [4.69, 9.17) is 0 Å². The van der Waals surface area contributed by atoms with E-state index in [-0.39, 0.29) is 0 Å². The Morgan fingerprint density at radius 3 is 2.32 bits per heavy atom. The van der Waals surface area contributed by atoms with Gasteiger partial charge in [-0.05, 0) is 63.0 Å². The molecule has 1 aliphatic rings. The maximum absolute atomic E-state index is 4.31. The van der Waals surface area contributed by atoms with Crippen LogP contribution in [-0.4, -0.2) is 13.1 Å². The Kier molecular flexibility index (Phi) is 5.86. The Morgan fingerprint density at radius 2 is 1.73 bits per heavy atom. The van der Waals surface area contributed by atoms with Gasteiger partial charge < -0.3 is 5.32 Å². The second kappa shape index (κ2) is 7.46. The van der Waals surface area contributed by atoms with E-state index in [1.54, 1.807) is 0 Å². The van der Waals surface area contributed by atoms with Gasteiger partial charge in [-0.25, -0.2) is 0 Å². The van der Waals surface area contributed by atoms with Crippen LogP contribution in [0.2, 0.25) is 0 Å². The van der Waals surface area contributed by atoms with Crippen LogP contribution in [0.1, 0.15) is 58.4 Å². The van der Waals surface area contributed by atoms with Gasteiger partial charge in [0.25, 0.3) is 0 Å². The molecule has 1 saturated carbocycles. The summed E-state index contributed by atoms with van der Waals surface area (Å²) < 4.78 is 0. The van der Waals surface area contributed by atoms with Crippen LogP contribution in [-0.2, 0) is 6.42 Å². The minimum atomic E-state index is 0.336. The zero-order valence-corrected chi connectivity index (χ0v) is 14.8. The van der Waals surface area contributed by atoms with Crippen LogP contribution in [0.25, 0.3) is 0 Å². The molecular formula is C21H33N. The fourth-order valence-electron chi connectivity index (χ4n) is 3.55. The van der Waals surface area contributed by atoms with Gasteiger partial charge in [0.1, 0.15) is 0 Å². The molecule has 1 aromatic rings. The van der Waals surface area contributed by atoms with Gasteiger partial charge in [0.2, 0.25) is 0 Å². The molecule has 1 aliphatic carbocycles. The molecule has 0 radical (unpaired) electrons. The van der Waals surface area contributed by atoms with Crippen molar-refractivity contribution in [1.82, 2.24) is 5.32 Å². The highest BCUT2D eigenvalue weighted by Crippen LogP contribution is 2.48. The van der Waals surface area contributed by atoms with Gasteiger partial charge in [-0.15, -0.1) is 0 Å². The molecule has 2 rings (SSSR count). The SMILES string of the molecule is C=C(C)C1(CNCCCc2ccccc2)CCC(C)(C)CC1. The minimum Gasteiger partial charge on any atom is -0.316 e. The van der Waals surface area contributed by atoms with E-state index in [1.807, 2.05) is 0 Å². The first kappa shape index (κ1) is 17.3. The van der Waals surface area contributed by atoms with Crippen molar-refractivity contribution in [3.8, 4) is 0 Å². The van der Waals surface area contributed by atoms with Crippen molar-refractivity contribution in [3.05, 3.63) is 48.0 Å². The summed E-state index contributed by atoms with van der Waals surface area (Å²) in [4.78, 5) is 0. The van der Waals surface area contributed by atoms with Crippen LogP contribution in [0.4, 0.5) is 0 Å². The van der Waals surface area contributed by atoms with Gasteiger partial charge in [-0.1, -0.05) is 56.3 Å². The number of hydrogen-bond donors (Lipinski definition) is 1. The molecule has 0 spiro atoms. The fraction of sp³-hybridized carbons (Fsp3) is 0.619. The van der Waals surface area contributed by atoms with Crippen LogP contribution in [0.3, 0.4) is 0 Å². The van der Waals surface area contributed by atoms with E-state index >= 15 is 0 Å². The molecule has 22 heavy (non-hydrogen) atoms. The van der Waals surface area contributed by atoms with Crippen molar-refractivity contribution in [3.63, 3.8) is 0 Å². The Labute approximate surface area is 137 Å². The fourth-order valence-corrected chi connectivity index (χ4v) is 3.55. The van der Waals surface area contributed by atoms with Crippen molar-refractivity contribution < 1.29 is 0 Å². The van der Waals surface area contributed by atoms with Crippen LogP contribution in [0.5, 0.6) is 0 Å². The summed E-state index contributed by atoms with van der Waals surface area (Å²) in [6, 6.07) is 10.8. The van der Waals surface area contributed by atoms with E-state index in [2.05, 4.69) is 63.0 Å². The van der Waals surface area contributed by atoms with Gasteiger partial charge >= 0.3 is 0 Å². The lowest BCUT2D eigenvalue weighted by molar-refractivity contribution is 0.129. The second-order valence-electron chi connectivity index (χ2n) is 7.99. The highest BCUT2D eigenvalue weighted by atomic mass is 14.9. The second-order valence-corrected chi connectivity index (χ2v) is 7.99. The third-order valence-corrected chi connectivity index (χ3v) is 5.59. The van der Waals surface area contributed by atoms with E-state index in [1.165, 1.54) is 49.7 Å². The summed E-state index contributed by atoms with van der Waals surface area (Å²) in [5.74, 6) is 0. The van der Waals surface area contributed by atoms with Crippen molar-refractivity contribution in [1.29, 1.82) is 0 Å². The standard InChI is InChI=1S/C21H33N/c1-18(2)21(14-12-20(3,4)13-15-21)17-22-16-8-11-19-9-6-5-7-10-19/h5-7,9-10,22H,1,8,11-17H2,2-4H3. The Morgan fingerprint density at radius 1 is 1.09 bits per heavy atom. The predicted molar refractivity (Wildman–Crippen MR) is 97.1 cm³/mol. The third-order valence-electron chi connectivity index (χ3n) is 5.59. The Hall–Kier alpha value is -1.08. The highest BCUT2D eigenvalue weighted by molar-refractivity contribution is 5.14. The lowest BCUT2D eigenvalue weighted by Gasteiger charge is -2.44. The maximum atomic E-state index is 4.31. The third kappa shape index (κ3) is 4.71. The van der Waals surface area contributed by atoms with Gasteiger partial charge in [0.15, 0.2) is 0 Å². The van der Waals surface area contributed by atoms with Crippen molar-refractivity contribution >= 4 is 0 Å². The molecule has 0 atom stereocenters. The van der Waals surface area contributed by atoms with Crippen molar-refractivity contribution in [2.75, 3.05) is 13.1 Å². The molecule has 0 amide bonds. The number of rotatable bonds is 7. The summed E-state index contributed by atoms with van der Waals surface area (Å²) in [6.45, 7) is 13.6. The normalized spacial score (nSPS) is 19.8. The average Bonchev–Trinajstić information content (AvgIpc) is 2.49.